The number of ether oxygens (including phenoxy) is 1. The number of hydrogen-bond acceptors (Lipinski definition) is 5. The Kier molecular flexibility index (Phi) is 54.6. The molecule has 67 heavy (non-hydrogen) atoms. The summed E-state index contributed by atoms with van der Waals surface area (Å²) in [6, 6.07) is -0.651. The van der Waals surface area contributed by atoms with Crippen LogP contribution in [-0.4, -0.2) is 47.4 Å². The third kappa shape index (κ3) is 53.0. The lowest BCUT2D eigenvalue weighted by molar-refractivity contribution is -0.143. The molecule has 6 heteroatoms. The molecule has 0 aromatic carbocycles. The summed E-state index contributed by atoms with van der Waals surface area (Å²) in [5.74, 6) is -0.126. The van der Waals surface area contributed by atoms with E-state index in [1.54, 1.807) is 6.08 Å². The lowest BCUT2D eigenvalue weighted by Gasteiger charge is -2.19. The Hall–Kier alpha value is -2.18. The molecule has 0 fully saturated rings. The van der Waals surface area contributed by atoms with E-state index in [1.807, 2.05) is 6.08 Å². The van der Waals surface area contributed by atoms with Crippen LogP contribution < -0.4 is 5.32 Å². The molecule has 3 N–H and O–H groups in total. The maximum absolute atomic E-state index is 12.5. The SMILES string of the molecule is CCCC/C=C\C/C=C\CCCCCCCC(=O)OCCCCCCCC/C=C\CCCCCC(=O)NC(CO)C(O)/C=C/CCCCCCCCCCCCCCCCCCCCCCC. The number of unbranched alkanes of at least 4 members (excludes halogenated alkanes) is 37. The molecule has 0 aliphatic carbocycles. The highest BCUT2D eigenvalue weighted by Gasteiger charge is 2.18. The fourth-order valence-corrected chi connectivity index (χ4v) is 8.76. The van der Waals surface area contributed by atoms with Gasteiger partial charge in [0.25, 0.3) is 0 Å². The molecule has 0 rings (SSSR count). The van der Waals surface area contributed by atoms with Crippen LogP contribution in [0.1, 0.15) is 303 Å². The molecule has 0 radical (unpaired) electrons. The number of carbonyl (C=O) groups is 2. The second-order valence-electron chi connectivity index (χ2n) is 20.0. The normalized spacial score (nSPS) is 13.0. The Morgan fingerprint density at radius 3 is 1.21 bits per heavy atom. The number of hydrogen-bond donors (Lipinski definition) is 3. The number of nitrogens with one attached hydrogen (secondary N) is 1. The quantitative estimate of drug-likeness (QED) is 0.0321. The minimum absolute atomic E-state index is 0.0287. The minimum atomic E-state index is -0.864. The Morgan fingerprint density at radius 1 is 0.418 bits per heavy atom. The number of allylic oxidation sites excluding steroid dienone is 7. The number of amides is 1. The van der Waals surface area contributed by atoms with Gasteiger partial charge in [0.1, 0.15) is 0 Å². The Balaban J connectivity index is 3.54. The smallest absolute Gasteiger partial charge is 0.305 e. The molecule has 0 aliphatic heterocycles. The lowest BCUT2D eigenvalue weighted by Crippen LogP contribution is -2.45. The number of rotatable bonds is 54. The first kappa shape index (κ1) is 64.8. The summed E-state index contributed by atoms with van der Waals surface area (Å²) in [7, 11) is 0. The molecule has 2 unspecified atom stereocenters. The van der Waals surface area contributed by atoms with Gasteiger partial charge in [-0.2, -0.15) is 0 Å². The van der Waals surface area contributed by atoms with E-state index in [1.165, 1.54) is 193 Å². The van der Waals surface area contributed by atoms with Crippen LogP contribution in [0, 0.1) is 0 Å². The average molecular weight is 941 g/mol. The second-order valence-corrected chi connectivity index (χ2v) is 20.0. The fraction of sp³-hybridized carbons (Fsp3) is 0.836. The van der Waals surface area contributed by atoms with E-state index < -0.39 is 12.1 Å². The van der Waals surface area contributed by atoms with Gasteiger partial charge in [0, 0.05) is 12.8 Å². The first-order valence-corrected chi connectivity index (χ1v) is 29.4. The first-order chi connectivity index (χ1) is 33.0. The molecule has 2 atom stereocenters. The number of aliphatic hydroxyl groups excluding tert-OH is 2. The highest BCUT2D eigenvalue weighted by Crippen LogP contribution is 2.16. The predicted octanol–water partition coefficient (Wildman–Crippen LogP) is 18.2. The Bertz CT molecular complexity index is 1130. The zero-order chi connectivity index (χ0) is 48.6. The van der Waals surface area contributed by atoms with E-state index >= 15 is 0 Å². The Labute approximate surface area is 416 Å². The molecule has 0 aromatic rings. The molecule has 1 amide bonds. The lowest BCUT2D eigenvalue weighted by atomic mass is 10.0. The summed E-state index contributed by atoms with van der Waals surface area (Å²) in [6.45, 7) is 4.82. The van der Waals surface area contributed by atoms with Crippen molar-refractivity contribution in [2.75, 3.05) is 13.2 Å². The maximum atomic E-state index is 12.5. The van der Waals surface area contributed by atoms with E-state index in [4.69, 9.17) is 4.74 Å². The van der Waals surface area contributed by atoms with Crippen molar-refractivity contribution in [3.63, 3.8) is 0 Å². The van der Waals surface area contributed by atoms with Gasteiger partial charge < -0.3 is 20.3 Å². The van der Waals surface area contributed by atoms with Crippen molar-refractivity contribution in [3.05, 3.63) is 48.6 Å². The molecule has 0 bridgehead atoms. The highest BCUT2D eigenvalue weighted by atomic mass is 16.5. The monoisotopic (exact) mass is 940 g/mol. The standard InChI is InChI=1S/C61H113NO5/c1-3-5-7-9-11-13-15-17-19-20-21-22-23-24-25-26-27-29-33-37-41-45-49-53-59(64)58(57-63)62-60(65)54-50-46-42-38-34-30-28-32-36-40-44-48-52-56-67-61(66)55-51-47-43-39-35-31-18-16-14-12-10-8-6-4-2/h10,12,16,18,30,34,49,53,58-59,63-64H,3-9,11,13-15,17,19-29,31-33,35-48,50-52,54-57H2,1-2H3,(H,62,65)/b12-10-,18-16-,34-30-,53-49+. The molecule has 6 nitrogen and oxygen atoms in total. The molecular weight excluding hydrogens is 827 g/mol. The van der Waals surface area contributed by atoms with E-state index in [9.17, 15) is 19.8 Å². The minimum Gasteiger partial charge on any atom is -0.466 e. The van der Waals surface area contributed by atoms with Crippen LogP contribution in [0.25, 0.3) is 0 Å². The van der Waals surface area contributed by atoms with E-state index in [0.717, 1.165) is 83.5 Å². The highest BCUT2D eigenvalue weighted by molar-refractivity contribution is 5.76. The first-order valence-electron chi connectivity index (χ1n) is 29.4. The molecule has 0 spiro atoms. The van der Waals surface area contributed by atoms with Gasteiger partial charge in [0.2, 0.25) is 5.91 Å². The molecule has 392 valence electrons. The average Bonchev–Trinajstić information content (AvgIpc) is 3.33. The second kappa shape index (κ2) is 56.4. The third-order valence-electron chi connectivity index (χ3n) is 13.3. The molecule has 0 aliphatic rings. The van der Waals surface area contributed by atoms with Crippen molar-refractivity contribution in [1.29, 1.82) is 0 Å². The van der Waals surface area contributed by atoms with Crippen LogP contribution in [-0.2, 0) is 14.3 Å². The summed E-state index contributed by atoms with van der Waals surface area (Å²) >= 11 is 0. The van der Waals surface area contributed by atoms with Gasteiger partial charge in [-0.25, -0.2) is 0 Å². The molecule has 0 saturated heterocycles. The van der Waals surface area contributed by atoms with Crippen molar-refractivity contribution in [2.45, 2.75) is 315 Å². The molecular formula is C61H113NO5. The summed E-state index contributed by atoms with van der Waals surface area (Å²) in [4.78, 5) is 24.5. The van der Waals surface area contributed by atoms with E-state index in [-0.39, 0.29) is 18.5 Å². The number of carbonyl (C=O) groups excluding carboxylic acids is 2. The van der Waals surface area contributed by atoms with Gasteiger partial charge in [-0.3, -0.25) is 9.59 Å². The number of aliphatic hydroxyl groups is 2. The van der Waals surface area contributed by atoms with Crippen LogP contribution in [0.2, 0.25) is 0 Å². The maximum Gasteiger partial charge on any atom is 0.305 e. The van der Waals surface area contributed by atoms with Crippen molar-refractivity contribution >= 4 is 11.9 Å². The van der Waals surface area contributed by atoms with E-state index in [2.05, 4.69) is 55.6 Å². The Morgan fingerprint density at radius 2 is 0.761 bits per heavy atom. The van der Waals surface area contributed by atoms with E-state index in [0.29, 0.717) is 19.4 Å². The summed E-state index contributed by atoms with van der Waals surface area (Å²) in [6.07, 6.45) is 71.3. The molecule has 0 aromatic heterocycles. The van der Waals surface area contributed by atoms with Crippen molar-refractivity contribution in [3.8, 4) is 0 Å². The van der Waals surface area contributed by atoms with Gasteiger partial charge >= 0.3 is 5.97 Å². The largest absolute Gasteiger partial charge is 0.466 e. The molecule has 0 heterocycles. The van der Waals surface area contributed by atoms with Gasteiger partial charge in [0.05, 0.1) is 25.4 Å². The topological polar surface area (TPSA) is 95.9 Å². The van der Waals surface area contributed by atoms with Gasteiger partial charge in [0.15, 0.2) is 0 Å². The van der Waals surface area contributed by atoms with Gasteiger partial charge in [-0.1, -0.05) is 255 Å². The number of esters is 1. The van der Waals surface area contributed by atoms with Crippen LogP contribution >= 0.6 is 0 Å². The van der Waals surface area contributed by atoms with Crippen LogP contribution in [0.3, 0.4) is 0 Å². The van der Waals surface area contributed by atoms with Gasteiger partial charge in [-0.05, 0) is 83.5 Å². The third-order valence-corrected chi connectivity index (χ3v) is 13.3. The van der Waals surface area contributed by atoms with Gasteiger partial charge in [-0.15, -0.1) is 0 Å². The zero-order valence-electron chi connectivity index (χ0n) is 44.6. The summed E-state index contributed by atoms with van der Waals surface area (Å²) in [5, 5.41) is 23.2. The molecule has 0 saturated carbocycles. The zero-order valence-corrected chi connectivity index (χ0v) is 44.6. The fourth-order valence-electron chi connectivity index (χ4n) is 8.76. The summed E-state index contributed by atoms with van der Waals surface area (Å²) in [5.41, 5.74) is 0. The van der Waals surface area contributed by atoms with Crippen LogP contribution in [0.5, 0.6) is 0 Å². The van der Waals surface area contributed by atoms with Crippen molar-refractivity contribution in [1.82, 2.24) is 5.32 Å². The van der Waals surface area contributed by atoms with Crippen LogP contribution in [0.15, 0.2) is 48.6 Å². The predicted molar refractivity (Wildman–Crippen MR) is 292 cm³/mol. The summed E-state index contributed by atoms with van der Waals surface area (Å²) < 4.78 is 5.45. The van der Waals surface area contributed by atoms with Crippen molar-refractivity contribution in [2.24, 2.45) is 0 Å². The van der Waals surface area contributed by atoms with Crippen LogP contribution in [0.4, 0.5) is 0 Å². The van der Waals surface area contributed by atoms with Crippen molar-refractivity contribution < 1.29 is 24.5 Å².